The highest BCUT2D eigenvalue weighted by atomic mass is 16.2. The van der Waals surface area contributed by atoms with E-state index in [2.05, 4.69) is 4.98 Å². The summed E-state index contributed by atoms with van der Waals surface area (Å²) >= 11 is 0. The third-order valence-corrected chi connectivity index (χ3v) is 2.27. The van der Waals surface area contributed by atoms with Crippen LogP contribution in [-0.2, 0) is 11.2 Å². The molecule has 0 fully saturated rings. The van der Waals surface area contributed by atoms with Gasteiger partial charge in [-0.1, -0.05) is 6.92 Å². The predicted octanol–water partition coefficient (Wildman–Crippen LogP) is -0.671. The fraction of sp³-hybridized carbons (Fsp3) is 0.500. The number of nitrogens with two attached hydrogens (primary N) is 2. The quantitative estimate of drug-likeness (QED) is 0.645. The molecule has 0 aliphatic rings. The average Bonchev–Trinajstić information content (AvgIpc) is 2.75. The van der Waals surface area contributed by atoms with E-state index in [0.29, 0.717) is 24.8 Å². The van der Waals surface area contributed by atoms with Crippen molar-refractivity contribution in [3.05, 3.63) is 18.2 Å². The molecule has 0 bridgehead atoms. The maximum Gasteiger partial charge on any atom is 0.248 e. The number of carbonyl (C=O) groups is 2. The molecule has 0 aromatic carbocycles. The Kier molecular flexibility index (Phi) is 4.33. The fourth-order valence-electron chi connectivity index (χ4n) is 1.25. The summed E-state index contributed by atoms with van der Waals surface area (Å²) in [5, 5.41) is 0. The molecule has 2 atom stereocenters. The highest BCUT2D eigenvalue weighted by Crippen LogP contribution is 2.01. The zero-order chi connectivity index (χ0) is 12.1. The molecule has 0 radical (unpaired) electrons. The van der Waals surface area contributed by atoms with E-state index < -0.39 is 12.1 Å². The summed E-state index contributed by atoms with van der Waals surface area (Å²) in [4.78, 5) is 26.0. The number of aldehydes is 1. The third kappa shape index (κ3) is 2.98. The molecule has 1 unspecified atom stereocenters. The van der Waals surface area contributed by atoms with E-state index in [-0.39, 0.29) is 5.91 Å². The first kappa shape index (κ1) is 12.5. The molecule has 1 aromatic heterocycles. The molecule has 1 rings (SSSR count). The molecular formula is C10H16N4O2. The average molecular weight is 224 g/mol. The van der Waals surface area contributed by atoms with Crippen LogP contribution in [0.15, 0.2) is 12.5 Å². The second-order valence-corrected chi connectivity index (χ2v) is 3.63. The van der Waals surface area contributed by atoms with Gasteiger partial charge in [0.15, 0.2) is 0 Å². The van der Waals surface area contributed by atoms with Crippen molar-refractivity contribution in [1.82, 2.24) is 9.55 Å². The second-order valence-electron chi connectivity index (χ2n) is 3.63. The lowest BCUT2D eigenvalue weighted by atomic mass is 10.2. The van der Waals surface area contributed by atoms with E-state index >= 15 is 0 Å². The third-order valence-electron chi connectivity index (χ3n) is 2.27. The number of hydrogen-bond donors (Lipinski definition) is 2. The van der Waals surface area contributed by atoms with E-state index in [1.807, 2.05) is 6.92 Å². The summed E-state index contributed by atoms with van der Waals surface area (Å²) in [6.45, 7) is 1.84. The number of carbonyl (C=O) groups excluding carboxylic acids is 2. The summed E-state index contributed by atoms with van der Waals surface area (Å²) in [5.41, 5.74) is 11.7. The van der Waals surface area contributed by atoms with Gasteiger partial charge in [0.05, 0.1) is 17.8 Å². The minimum absolute atomic E-state index is 0.207. The van der Waals surface area contributed by atoms with E-state index in [0.717, 1.165) is 0 Å². The van der Waals surface area contributed by atoms with Crippen LogP contribution in [0, 0.1) is 0 Å². The molecule has 0 aliphatic heterocycles. The lowest BCUT2D eigenvalue weighted by Gasteiger charge is -2.06. The monoisotopic (exact) mass is 224 g/mol. The Morgan fingerprint density at radius 3 is 2.88 bits per heavy atom. The first-order valence-electron chi connectivity index (χ1n) is 5.12. The number of aromatic nitrogens is 2. The van der Waals surface area contributed by atoms with Gasteiger partial charge in [-0.05, 0) is 6.42 Å². The van der Waals surface area contributed by atoms with Crippen LogP contribution in [0.25, 0.3) is 0 Å². The van der Waals surface area contributed by atoms with Crippen molar-refractivity contribution in [2.24, 2.45) is 11.5 Å². The van der Waals surface area contributed by atoms with Crippen LogP contribution in [0.2, 0.25) is 0 Å². The van der Waals surface area contributed by atoms with E-state index in [1.54, 1.807) is 6.20 Å². The molecule has 1 aromatic rings. The minimum Gasteiger partial charge on any atom is -0.321 e. The number of imidazole rings is 1. The van der Waals surface area contributed by atoms with Crippen LogP contribution in [-0.4, -0.2) is 33.8 Å². The van der Waals surface area contributed by atoms with Crippen molar-refractivity contribution in [3.8, 4) is 0 Å². The second kappa shape index (κ2) is 5.53. The molecule has 88 valence electrons. The van der Waals surface area contributed by atoms with Crippen molar-refractivity contribution in [2.45, 2.75) is 31.8 Å². The lowest BCUT2D eigenvalue weighted by molar-refractivity contribution is -0.108. The Labute approximate surface area is 93.6 Å². The van der Waals surface area contributed by atoms with Gasteiger partial charge < -0.3 is 16.3 Å². The number of rotatable bonds is 5. The van der Waals surface area contributed by atoms with Crippen molar-refractivity contribution >= 4 is 12.2 Å². The van der Waals surface area contributed by atoms with Gasteiger partial charge in [0.2, 0.25) is 5.91 Å². The smallest absolute Gasteiger partial charge is 0.248 e. The van der Waals surface area contributed by atoms with E-state index in [9.17, 15) is 9.59 Å². The van der Waals surface area contributed by atoms with Crippen LogP contribution in [0.1, 0.15) is 23.8 Å². The molecule has 0 aliphatic carbocycles. The molecule has 4 N–H and O–H groups in total. The van der Waals surface area contributed by atoms with Crippen molar-refractivity contribution in [2.75, 3.05) is 0 Å². The largest absolute Gasteiger partial charge is 0.321 e. The Hall–Kier alpha value is -1.53. The zero-order valence-electron chi connectivity index (χ0n) is 9.17. The van der Waals surface area contributed by atoms with Crippen LogP contribution >= 0.6 is 0 Å². The first-order valence-corrected chi connectivity index (χ1v) is 5.12. The Bertz CT molecular complexity index is 375. The van der Waals surface area contributed by atoms with Gasteiger partial charge in [0.1, 0.15) is 12.6 Å². The molecule has 0 spiro atoms. The SMILES string of the molecule is CCC(N)C(=O)n1cnc(C[C@H](N)C=O)c1. The Balaban J connectivity index is 2.71. The molecular weight excluding hydrogens is 208 g/mol. The standard InChI is InChI=1S/C10H16N4O2/c1-2-9(12)10(16)14-4-8(13-6-14)3-7(11)5-15/h4-7,9H,2-3,11-12H2,1H3/t7-,9?/m0/s1. The normalized spacial score (nSPS) is 14.4. The maximum absolute atomic E-state index is 11.6. The summed E-state index contributed by atoms with van der Waals surface area (Å²) in [7, 11) is 0. The summed E-state index contributed by atoms with van der Waals surface area (Å²) in [5.74, 6) is -0.207. The molecule has 16 heavy (non-hydrogen) atoms. The molecule has 6 heteroatoms. The minimum atomic E-state index is -0.585. The van der Waals surface area contributed by atoms with Crippen LogP contribution in [0.4, 0.5) is 0 Å². The lowest BCUT2D eigenvalue weighted by Crippen LogP contribution is -2.33. The van der Waals surface area contributed by atoms with Gasteiger partial charge in [-0.3, -0.25) is 9.36 Å². The fourth-order valence-corrected chi connectivity index (χ4v) is 1.25. The highest BCUT2D eigenvalue weighted by Gasteiger charge is 2.14. The molecule has 0 saturated carbocycles. The van der Waals surface area contributed by atoms with Gasteiger partial charge in [0, 0.05) is 12.6 Å². The van der Waals surface area contributed by atoms with Gasteiger partial charge in [-0.2, -0.15) is 0 Å². The van der Waals surface area contributed by atoms with Crippen molar-refractivity contribution < 1.29 is 9.59 Å². The highest BCUT2D eigenvalue weighted by molar-refractivity contribution is 5.83. The zero-order valence-corrected chi connectivity index (χ0v) is 9.17. The van der Waals surface area contributed by atoms with E-state index in [1.165, 1.54) is 10.9 Å². The number of nitrogens with zero attached hydrogens (tertiary/aromatic N) is 2. The predicted molar refractivity (Wildman–Crippen MR) is 58.9 cm³/mol. The summed E-state index contributed by atoms with van der Waals surface area (Å²) in [6, 6.07) is -1.11. The van der Waals surface area contributed by atoms with Crippen molar-refractivity contribution in [1.29, 1.82) is 0 Å². The summed E-state index contributed by atoms with van der Waals surface area (Å²) in [6.07, 6.45) is 4.50. The summed E-state index contributed by atoms with van der Waals surface area (Å²) < 4.78 is 1.33. The Morgan fingerprint density at radius 1 is 1.62 bits per heavy atom. The van der Waals surface area contributed by atoms with E-state index in [4.69, 9.17) is 11.5 Å². The molecule has 6 nitrogen and oxygen atoms in total. The first-order chi connectivity index (χ1) is 7.58. The topological polar surface area (TPSA) is 104 Å². The number of hydrogen-bond acceptors (Lipinski definition) is 5. The maximum atomic E-state index is 11.6. The van der Waals surface area contributed by atoms with Crippen molar-refractivity contribution in [3.63, 3.8) is 0 Å². The van der Waals surface area contributed by atoms with Crippen LogP contribution in [0.3, 0.4) is 0 Å². The molecule has 0 amide bonds. The molecule has 1 heterocycles. The van der Waals surface area contributed by atoms with Gasteiger partial charge in [0.25, 0.3) is 0 Å². The van der Waals surface area contributed by atoms with Gasteiger partial charge >= 0.3 is 0 Å². The van der Waals surface area contributed by atoms with Gasteiger partial charge in [-0.15, -0.1) is 0 Å². The Morgan fingerprint density at radius 2 is 2.31 bits per heavy atom. The van der Waals surface area contributed by atoms with Crippen LogP contribution in [0.5, 0.6) is 0 Å². The van der Waals surface area contributed by atoms with Crippen LogP contribution < -0.4 is 11.5 Å². The van der Waals surface area contributed by atoms with Gasteiger partial charge in [-0.25, -0.2) is 4.98 Å². The molecule has 0 saturated heterocycles.